The van der Waals surface area contributed by atoms with E-state index in [1.54, 1.807) is 0 Å². The molecule has 2 amide bonds. The van der Waals surface area contributed by atoms with Gasteiger partial charge in [-0.3, -0.25) is 14.5 Å². The molecule has 0 radical (unpaired) electrons. The molecule has 1 aromatic carbocycles. The summed E-state index contributed by atoms with van der Waals surface area (Å²) in [5.74, 6) is 2.34. The zero-order valence-corrected chi connectivity index (χ0v) is 13.7. The fourth-order valence-corrected chi connectivity index (χ4v) is 5.12. The van der Waals surface area contributed by atoms with Gasteiger partial charge in [0.1, 0.15) is 5.75 Å². The van der Waals surface area contributed by atoms with E-state index in [-0.39, 0.29) is 35.5 Å². The second-order valence-electron chi connectivity index (χ2n) is 7.51. The molecule has 4 heteroatoms. The Labute approximate surface area is 141 Å². The van der Waals surface area contributed by atoms with Crippen LogP contribution in [0.15, 0.2) is 36.4 Å². The fourth-order valence-electron chi connectivity index (χ4n) is 5.12. The first-order chi connectivity index (χ1) is 11.7. The Hall–Kier alpha value is -2.10. The van der Waals surface area contributed by atoms with Crippen molar-refractivity contribution in [1.29, 1.82) is 0 Å². The second kappa shape index (κ2) is 4.95. The normalized spacial score (nSPS) is 38.3. The number of anilines is 1. The van der Waals surface area contributed by atoms with Gasteiger partial charge in [-0.2, -0.15) is 0 Å². The quantitative estimate of drug-likeness (QED) is 0.632. The highest BCUT2D eigenvalue weighted by Gasteiger charge is 2.67. The molecule has 1 saturated heterocycles. The Bertz CT molecular complexity index is 702. The number of benzene rings is 1. The maximum atomic E-state index is 13.0. The monoisotopic (exact) mass is 323 g/mol. The van der Waals surface area contributed by atoms with E-state index in [4.69, 9.17) is 4.74 Å². The fraction of sp³-hybridized carbons (Fsp3) is 0.500. The van der Waals surface area contributed by atoms with Gasteiger partial charge in [-0.15, -0.1) is 0 Å². The summed E-state index contributed by atoms with van der Waals surface area (Å²) in [5.41, 5.74) is 0.677. The third-order valence-corrected chi connectivity index (χ3v) is 6.23. The highest BCUT2D eigenvalue weighted by molar-refractivity contribution is 6.22. The Kier molecular flexibility index (Phi) is 2.94. The van der Waals surface area contributed by atoms with E-state index in [9.17, 15) is 9.59 Å². The van der Waals surface area contributed by atoms with Crippen LogP contribution in [0.4, 0.5) is 5.69 Å². The summed E-state index contributed by atoms with van der Waals surface area (Å²) in [7, 11) is 0. The minimum atomic E-state index is -0.132. The number of carbonyl (C=O) groups is 2. The molecule has 6 rings (SSSR count). The largest absolute Gasteiger partial charge is 0.494 e. The highest BCUT2D eigenvalue weighted by Crippen LogP contribution is 2.65. The topological polar surface area (TPSA) is 46.6 Å². The lowest BCUT2D eigenvalue weighted by Gasteiger charge is -2.37. The maximum Gasteiger partial charge on any atom is 0.238 e. The van der Waals surface area contributed by atoms with Crippen LogP contribution in [0.25, 0.3) is 0 Å². The first kappa shape index (κ1) is 14.3. The van der Waals surface area contributed by atoms with E-state index in [1.165, 1.54) is 11.3 Å². The van der Waals surface area contributed by atoms with Gasteiger partial charge in [-0.25, -0.2) is 0 Å². The summed E-state index contributed by atoms with van der Waals surface area (Å²) in [5, 5.41) is 0. The molecule has 4 nitrogen and oxygen atoms in total. The van der Waals surface area contributed by atoms with E-state index in [2.05, 4.69) is 19.1 Å². The van der Waals surface area contributed by atoms with Gasteiger partial charge < -0.3 is 4.74 Å². The molecule has 24 heavy (non-hydrogen) atoms. The average Bonchev–Trinajstić information content (AvgIpc) is 3.38. The SMILES string of the molecule is CCCOc1ccc(N2C(=O)[C@@H]3[C@@H]4C=C[C@@H]([C@@H]5C[C@@H]45)[C@@H]3C2=O)cc1. The lowest BCUT2D eigenvalue weighted by molar-refractivity contribution is -0.124. The Morgan fingerprint density at radius 3 is 2.12 bits per heavy atom. The number of ether oxygens (including phenoxy) is 1. The number of carbonyl (C=O) groups excluding carboxylic acids is 2. The van der Waals surface area contributed by atoms with Crippen molar-refractivity contribution in [2.75, 3.05) is 11.5 Å². The van der Waals surface area contributed by atoms with Crippen molar-refractivity contribution >= 4 is 17.5 Å². The number of nitrogens with zero attached hydrogens (tertiary/aromatic N) is 1. The molecule has 0 N–H and O–H groups in total. The van der Waals surface area contributed by atoms with E-state index in [1.807, 2.05) is 24.3 Å². The number of allylic oxidation sites excluding steroid dienone is 2. The van der Waals surface area contributed by atoms with Crippen LogP contribution in [0.3, 0.4) is 0 Å². The number of hydrogen-bond donors (Lipinski definition) is 0. The van der Waals surface area contributed by atoms with Crippen molar-refractivity contribution in [3.8, 4) is 5.75 Å². The summed E-state index contributed by atoms with van der Waals surface area (Å²) in [6.45, 7) is 2.73. The molecule has 124 valence electrons. The van der Waals surface area contributed by atoms with Crippen LogP contribution in [-0.2, 0) is 9.59 Å². The Morgan fingerprint density at radius 2 is 1.58 bits per heavy atom. The van der Waals surface area contributed by atoms with Crippen molar-refractivity contribution in [2.24, 2.45) is 35.5 Å². The van der Waals surface area contributed by atoms with Gasteiger partial charge in [0.05, 0.1) is 24.1 Å². The van der Waals surface area contributed by atoms with Gasteiger partial charge in [0, 0.05) is 0 Å². The number of hydrogen-bond acceptors (Lipinski definition) is 3. The van der Waals surface area contributed by atoms with Crippen LogP contribution in [0, 0.1) is 35.5 Å². The summed E-state index contributed by atoms with van der Waals surface area (Å²) in [4.78, 5) is 27.4. The number of amides is 2. The van der Waals surface area contributed by atoms with Gasteiger partial charge in [-0.05, 0) is 60.8 Å². The molecule has 0 spiro atoms. The minimum Gasteiger partial charge on any atom is -0.494 e. The third kappa shape index (κ3) is 1.80. The van der Waals surface area contributed by atoms with E-state index >= 15 is 0 Å². The van der Waals surface area contributed by atoms with Gasteiger partial charge in [0.25, 0.3) is 0 Å². The van der Waals surface area contributed by atoms with E-state index in [0.717, 1.165) is 12.2 Å². The van der Waals surface area contributed by atoms with Crippen LogP contribution in [0.5, 0.6) is 5.75 Å². The molecule has 1 aliphatic heterocycles. The summed E-state index contributed by atoms with van der Waals surface area (Å²) >= 11 is 0. The summed E-state index contributed by atoms with van der Waals surface area (Å²) in [6, 6.07) is 7.35. The molecule has 2 saturated carbocycles. The molecule has 6 atom stereocenters. The zero-order valence-electron chi connectivity index (χ0n) is 13.7. The summed E-state index contributed by atoms with van der Waals surface area (Å²) in [6.07, 6.45) is 6.55. The lowest BCUT2D eigenvalue weighted by Crippen LogP contribution is -2.40. The van der Waals surface area contributed by atoms with Crippen LogP contribution < -0.4 is 9.64 Å². The van der Waals surface area contributed by atoms with Crippen LogP contribution in [0.2, 0.25) is 0 Å². The van der Waals surface area contributed by atoms with Gasteiger partial charge in [0.2, 0.25) is 11.8 Å². The zero-order chi connectivity index (χ0) is 16.4. The predicted molar refractivity (Wildman–Crippen MR) is 89.4 cm³/mol. The van der Waals surface area contributed by atoms with Crippen molar-refractivity contribution < 1.29 is 14.3 Å². The van der Waals surface area contributed by atoms with Gasteiger partial charge >= 0.3 is 0 Å². The molecule has 1 heterocycles. The predicted octanol–water partition coefficient (Wildman–Crippen LogP) is 3.03. The Balaban J connectivity index is 1.44. The molecule has 2 bridgehead atoms. The van der Waals surface area contributed by atoms with Gasteiger partial charge in [0.15, 0.2) is 0 Å². The highest BCUT2D eigenvalue weighted by atomic mass is 16.5. The molecular weight excluding hydrogens is 302 g/mol. The molecule has 5 aliphatic rings. The van der Waals surface area contributed by atoms with E-state index in [0.29, 0.717) is 24.1 Å². The number of imide groups is 1. The molecule has 1 aromatic rings. The van der Waals surface area contributed by atoms with Crippen LogP contribution in [0.1, 0.15) is 19.8 Å². The van der Waals surface area contributed by atoms with Crippen molar-refractivity contribution in [1.82, 2.24) is 0 Å². The molecular formula is C20H21NO3. The van der Waals surface area contributed by atoms with E-state index < -0.39 is 0 Å². The summed E-state index contributed by atoms with van der Waals surface area (Å²) < 4.78 is 5.59. The molecule has 3 fully saturated rings. The molecule has 0 aromatic heterocycles. The Morgan fingerprint density at radius 1 is 1.00 bits per heavy atom. The lowest BCUT2D eigenvalue weighted by atomic mass is 9.63. The molecule has 0 unspecified atom stereocenters. The molecule has 4 aliphatic carbocycles. The average molecular weight is 323 g/mol. The first-order valence-electron chi connectivity index (χ1n) is 8.99. The van der Waals surface area contributed by atoms with Crippen LogP contribution >= 0.6 is 0 Å². The van der Waals surface area contributed by atoms with Crippen molar-refractivity contribution in [3.05, 3.63) is 36.4 Å². The van der Waals surface area contributed by atoms with Gasteiger partial charge in [-0.1, -0.05) is 19.1 Å². The minimum absolute atomic E-state index is 0.00285. The third-order valence-electron chi connectivity index (χ3n) is 6.23. The number of rotatable bonds is 4. The van der Waals surface area contributed by atoms with Crippen LogP contribution in [-0.4, -0.2) is 18.4 Å². The standard InChI is InChI=1S/C20H21NO3/c1-2-9-24-12-5-3-11(4-6-12)21-19(22)17-13-7-8-14(16-10-15(13)16)18(17)20(21)23/h3-8,13-18H,2,9-10H2,1H3/t13-,14+,15-,16-,17-,18+/m0/s1. The smallest absolute Gasteiger partial charge is 0.238 e. The maximum absolute atomic E-state index is 13.0. The second-order valence-corrected chi connectivity index (χ2v) is 7.51. The van der Waals surface area contributed by atoms with Crippen molar-refractivity contribution in [3.63, 3.8) is 0 Å². The van der Waals surface area contributed by atoms with Crippen molar-refractivity contribution in [2.45, 2.75) is 19.8 Å². The first-order valence-corrected chi connectivity index (χ1v) is 8.99.